The lowest BCUT2D eigenvalue weighted by Crippen LogP contribution is -2.51. The van der Waals surface area contributed by atoms with Gasteiger partial charge in [-0.2, -0.15) is 0 Å². The summed E-state index contributed by atoms with van der Waals surface area (Å²) in [5.74, 6) is 1.90. The minimum absolute atomic E-state index is 0.0733. The molecule has 0 radical (unpaired) electrons. The van der Waals surface area contributed by atoms with Crippen molar-refractivity contribution in [1.82, 2.24) is 9.88 Å². The first kappa shape index (κ1) is 19.2. The van der Waals surface area contributed by atoms with Crippen molar-refractivity contribution in [1.29, 1.82) is 0 Å². The molecular formula is C23H26N2O5. The fraction of sp³-hybridized carbons (Fsp3) is 0.478. The molecule has 1 N–H and O–H groups in total. The van der Waals surface area contributed by atoms with Crippen molar-refractivity contribution in [2.45, 2.75) is 58.4 Å². The normalized spacial score (nSPS) is 18.5. The quantitative estimate of drug-likeness (QED) is 0.788. The lowest BCUT2D eigenvalue weighted by Gasteiger charge is -2.37. The maximum Gasteiger partial charge on any atom is 0.260 e. The summed E-state index contributed by atoms with van der Waals surface area (Å²) in [5, 5.41) is 10.7. The second-order valence-corrected chi connectivity index (χ2v) is 8.91. The van der Waals surface area contributed by atoms with E-state index in [9.17, 15) is 9.90 Å². The SMILES string of the molecule is Cc1cnc2c(c1COc1cccc3c1C(=O)N([C@@H](C1CC1)C(C)(C)O)C3)OCO2. The molecule has 0 spiro atoms. The molecule has 1 atom stereocenters. The van der Waals surface area contributed by atoms with Gasteiger partial charge in [-0.25, -0.2) is 4.98 Å². The van der Waals surface area contributed by atoms with Crippen LogP contribution in [0.2, 0.25) is 0 Å². The number of aromatic nitrogens is 1. The molecule has 7 nitrogen and oxygen atoms in total. The van der Waals surface area contributed by atoms with Crippen LogP contribution in [0.3, 0.4) is 0 Å². The molecule has 1 fully saturated rings. The summed E-state index contributed by atoms with van der Waals surface area (Å²) in [7, 11) is 0. The summed E-state index contributed by atoms with van der Waals surface area (Å²) in [6.07, 6.45) is 3.83. The summed E-state index contributed by atoms with van der Waals surface area (Å²) >= 11 is 0. The number of benzene rings is 1. The van der Waals surface area contributed by atoms with E-state index in [0.717, 1.165) is 29.5 Å². The van der Waals surface area contributed by atoms with E-state index in [1.54, 1.807) is 20.0 Å². The lowest BCUT2D eigenvalue weighted by molar-refractivity contribution is -0.0224. The molecular weight excluding hydrogens is 384 g/mol. The number of carbonyl (C=O) groups excluding carboxylic acids is 1. The molecule has 0 unspecified atom stereocenters. The van der Waals surface area contributed by atoms with Gasteiger partial charge in [-0.05, 0) is 56.7 Å². The van der Waals surface area contributed by atoms with Gasteiger partial charge in [-0.15, -0.1) is 0 Å². The Labute approximate surface area is 175 Å². The largest absolute Gasteiger partial charge is 0.488 e. The molecule has 3 aliphatic rings. The number of amides is 1. The zero-order valence-corrected chi connectivity index (χ0v) is 17.5. The van der Waals surface area contributed by atoms with Crippen LogP contribution < -0.4 is 14.2 Å². The Hall–Kier alpha value is -2.80. The predicted molar refractivity (Wildman–Crippen MR) is 109 cm³/mol. The van der Waals surface area contributed by atoms with Crippen LogP contribution in [0.25, 0.3) is 0 Å². The molecule has 158 valence electrons. The van der Waals surface area contributed by atoms with E-state index >= 15 is 0 Å². The van der Waals surface area contributed by atoms with Gasteiger partial charge in [0.05, 0.1) is 17.2 Å². The van der Waals surface area contributed by atoms with Crippen LogP contribution in [-0.2, 0) is 13.2 Å². The fourth-order valence-corrected chi connectivity index (χ4v) is 4.64. The highest BCUT2D eigenvalue weighted by atomic mass is 16.7. The molecule has 3 heterocycles. The zero-order chi connectivity index (χ0) is 21.0. The second-order valence-electron chi connectivity index (χ2n) is 8.91. The summed E-state index contributed by atoms with van der Waals surface area (Å²) in [6, 6.07) is 5.50. The van der Waals surface area contributed by atoms with E-state index in [2.05, 4.69) is 4.98 Å². The number of hydrogen-bond donors (Lipinski definition) is 1. The van der Waals surface area contributed by atoms with E-state index in [4.69, 9.17) is 14.2 Å². The van der Waals surface area contributed by atoms with E-state index in [0.29, 0.717) is 35.4 Å². The minimum atomic E-state index is -0.952. The smallest absolute Gasteiger partial charge is 0.260 e. The fourth-order valence-electron chi connectivity index (χ4n) is 4.64. The molecule has 1 amide bonds. The number of ether oxygens (including phenoxy) is 3. The van der Waals surface area contributed by atoms with Gasteiger partial charge in [0, 0.05) is 18.3 Å². The van der Waals surface area contributed by atoms with Gasteiger partial charge in [0.1, 0.15) is 12.4 Å². The Bertz CT molecular complexity index is 1010. The van der Waals surface area contributed by atoms with Crippen molar-refractivity contribution in [3.05, 3.63) is 46.6 Å². The van der Waals surface area contributed by atoms with Gasteiger partial charge in [0.2, 0.25) is 6.79 Å². The maximum atomic E-state index is 13.4. The number of rotatable bonds is 6. The Morgan fingerprint density at radius 3 is 2.87 bits per heavy atom. The highest BCUT2D eigenvalue weighted by Crippen LogP contribution is 2.44. The summed E-state index contributed by atoms with van der Waals surface area (Å²) < 4.78 is 17.1. The number of fused-ring (bicyclic) bond motifs is 2. The number of nitrogens with zero attached hydrogens (tertiary/aromatic N) is 2. The molecule has 1 aromatic carbocycles. The summed E-state index contributed by atoms with van der Waals surface area (Å²) in [6.45, 7) is 6.42. The van der Waals surface area contributed by atoms with Gasteiger partial charge in [0.25, 0.3) is 11.8 Å². The van der Waals surface area contributed by atoms with Crippen LogP contribution >= 0.6 is 0 Å². The summed E-state index contributed by atoms with van der Waals surface area (Å²) in [4.78, 5) is 19.4. The van der Waals surface area contributed by atoms with Crippen LogP contribution in [0.1, 0.15) is 53.7 Å². The third-order valence-corrected chi connectivity index (χ3v) is 6.15. The Kier molecular flexibility index (Phi) is 4.39. The minimum Gasteiger partial charge on any atom is -0.488 e. The molecule has 1 saturated carbocycles. The monoisotopic (exact) mass is 410 g/mol. The molecule has 0 saturated heterocycles. The first-order valence-corrected chi connectivity index (χ1v) is 10.4. The highest BCUT2D eigenvalue weighted by molar-refractivity contribution is 6.01. The third kappa shape index (κ3) is 3.17. The average Bonchev–Trinajstić information content (AvgIpc) is 3.29. The van der Waals surface area contributed by atoms with E-state index in [1.807, 2.05) is 30.0 Å². The first-order chi connectivity index (χ1) is 14.3. The number of hydrogen-bond acceptors (Lipinski definition) is 6. The molecule has 30 heavy (non-hydrogen) atoms. The molecule has 0 bridgehead atoms. The first-order valence-electron chi connectivity index (χ1n) is 10.4. The van der Waals surface area contributed by atoms with Crippen LogP contribution in [0.15, 0.2) is 24.4 Å². The number of aliphatic hydroxyl groups is 1. The van der Waals surface area contributed by atoms with Crippen molar-refractivity contribution in [2.75, 3.05) is 6.79 Å². The molecule has 5 rings (SSSR count). The molecule has 2 aromatic rings. The van der Waals surface area contributed by atoms with Gasteiger partial charge in [-0.3, -0.25) is 4.79 Å². The van der Waals surface area contributed by atoms with Crippen LogP contribution in [-0.4, -0.2) is 39.3 Å². The Morgan fingerprint density at radius 2 is 2.13 bits per heavy atom. The van der Waals surface area contributed by atoms with Gasteiger partial charge < -0.3 is 24.2 Å². The van der Waals surface area contributed by atoms with Crippen molar-refractivity contribution >= 4 is 5.91 Å². The standard InChI is InChI=1S/C23H26N2O5/c1-13-9-24-21-19(29-12-30-21)16(13)11-28-17-6-4-5-15-10-25(22(26)18(15)17)20(14-7-8-14)23(2,3)27/h4-6,9,14,20,27H,7-8,10-12H2,1-3H3/t20-/m0/s1. The number of aryl methyl sites for hydroxylation is 1. The molecule has 1 aromatic heterocycles. The average molecular weight is 410 g/mol. The van der Waals surface area contributed by atoms with Crippen LogP contribution in [0, 0.1) is 12.8 Å². The van der Waals surface area contributed by atoms with Crippen molar-refractivity contribution in [2.24, 2.45) is 5.92 Å². The lowest BCUT2D eigenvalue weighted by atomic mass is 9.93. The van der Waals surface area contributed by atoms with Crippen molar-refractivity contribution in [3.8, 4) is 17.4 Å². The molecule has 1 aliphatic carbocycles. The number of pyridine rings is 1. The molecule has 2 aliphatic heterocycles. The van der Waals surface area contributed by atoms with Gasteiger partial charge >= 0.3 is 0 Å². The topological polar surface area (TPSA) is 81.1 Å². The van der Waals surface area contributed by atoms with Gasteiger partial charge in [0.15, 0.2) is 5.75 Å². The van der Waals surface area contributed by atoms with E-state index in [-0.39, 0.29) is 25.3 Å². The highest BCUT2D eigenvalue weighted by Gasteiger charge is 2.48. The third-order valence-electron chi connectivity index (χ3n) is 6.15. The Morgan fingerprint density at radius 1 is 1.33 bits per heavy atom. The number of carbonyl (C=O) groups is 1. The predicted octanol–water partition coefficient (Wildman–Crippen LogP) is 3.20. The van der Waals surface area contributed by atoms with Crippen LogP contribution in [0.5, 0.6) is 17.4 Å². The summed E-state index contributed by atoms with van der Waals surface area (Å²) in [5.41, 5.74) is 2.38. The van der Waals surface area contributed by atoms with E-state index < -0.39 is 5.60 Å². The van der Waals surface area contributed by atoms with Crippen molar-refractivity contribution in [3.63, 3.8) is 0 Å². The van der Waals surface area contributed by atoms with Crippen molar-refractivity contribution < 1.29 is 24.1 Å². The zero-order valence-electron chi connectivity index (χ0n) is 17.5. The van der Waals surface area contributed by atoms with Crippen LogP contribution in [0.4, 0.5) is 0 Å². The van der Waals surface area contributed by atoms with Gasteiger partial charge in [-0.1, -0.05) is 12.1 Å². The Balaban J connectivity index is 1.42. The molecule has 7 heteroatoms. The maximum absolute atomic E-state index is 13.4. The van der Waals surface area contributed by atoms with E-state index in [1.165, 1.54) is 0 Å². The second kappa shape index (κ2) is 6.87.